The summed E-state index contributed by atoms with van der Waals surface area (Å²) in [6.45, 7) is 0.364. The monoisotopic (exact) mass is 476 g/mol. The number of benzene rings is 2. The maximum absolute atomic E-state index is 12.5. The third kappa shape index (κ3) is 4.25. The van der Waals surface area contributed by atoms with Crippen molar-refractivity contribution >= 4 is 34.1 Å². The minimum atomic E-state index is -0.167. The summed E-state index contributed by atoms with van der Waals surface area (Å²) < 4.78 is 6.00. The van der Waals surface area contributed by atoms with Crippen molar-refractivity contribution in [2.24, 2.45) is 5.73 Å². The highest BCUT2D eigenvalue weighted by molar-refractivity contribution is 6.35. The summed E-state index contributed by atoms with van der Waals surface area (Å²) in [6, 6.07) is 15.8. The van der Waals surface area contributed by atoms with Crippen LogP contribution in [-0.4, -0.2) is 38.5 Å². The molecular formula is C28H24N6O2. The number of pyridine rings is 1. The Morgan fingerprint density at radius 2 is 1.97 bits per heavy atom. The molecule has 8 nitrogen and oxygen atoms in total. The number of fused-ring (bicyclic) bond motifs is 2. The van der Waals surface area contributed by atoms with E-state index in [9.17, 15) is 4.79 Å². The number of rotatable bonds is 7. The quantitative estimate of drug-likeness (QED) is 0.260. The molecule has 0 spiro atoms. The van der Waals surface area contributed by atoms with Crippen LogP contribution in [0.5, 0.6) is 5.75 Å². The Hall–Kier alpha value is -4.69. The van der Waals surface area contributed by atoms with E-state index in [1.165, 1.54) is 10.9 Å². The van der Waals surface area contributed by atoms with E-state index in [0.717, 1.165) is 27.9 Å². The summed E-state index contributed by atoms with van der Waals surface area (Å²) >= 11 is 0. The number of nitrogens with zero attached hydrogens (tertiary/aromatic N) is 2. The number of nitrogens with two attached hydrogens (primary N) is 1. The van der Waals surface area contributed by atoms with Crippen molar-refractivity contribution in [2.45, 2.75) is 12.5 Å². The van der Waals surface area contributed by atoms with Crippen LogP contribution in [-0.2, 0) is 11.2 Å². The van der Waals surface area contributed by atoms with Crippen LogP contribution in [0, 0.1) is 0 Å². The average molecular weight is 477 g/mol. The minimum Gasteiger partial charge on any atom is -0.490 e. The summed E-state index contributed by atoms with van der Waals surface area (Å²) in [5.74, 6) is 1.11. The Kier molecular flexibility index (Phi) is 5.55. The van der Waals surface area contributed by atoms with E-state index < -0.39 is 0 Å². The van der Waals surface area contributed by atoms with Gasteiger partial charge in [0.25, 0.3) is 5.91 Å². The Bertz CT molecular complexity index is 1580. The molecule has 8 heteroatoms. The molecule has 0 saturated carbocycles. The maximum atomic E-state index is 12.5. The normalized spacial score (nSPS) is 14.7. The lowest BCUT2D eigenvalue weighted by atomic mass is 10.00. The number of aromatic nitrogens is 4. The van der Waals surface area contributed by atoms with Crippen LogP contribution >= 0.6 is 0 Å². The Balaban J connectivity index is 1.18. The zero-order chi connectivity index (χ0) is 24.5. The molecule has 0 radical (unpaired) electrons. The van der Waals surface area contributed by atoms with E-state index in [2.05, 4.69) is 37.4 Å². The highest BCUT2D eigenvalue weighted by atomic mass is 16.5. The molecule has 0 aliphatic carbocycles. The largest absolute Gasteiger partial charge is 0.490 e. The molecule has 2 aromatic carbocycles. The number of carbonyl (C=O) groups is 1. The lowest BCUT2D eigenvalue weighted by Gasteiger charge is -2.13. The number of H-pyrrole nitrogens is 2. The molecule has 1 unspecified atom stereocenters. The summed E-state index contributed by atoms with van der Waals surface area (Å²) in [5, 5.41) is 4.09. The van der Waals surface area contributed by atoms with Crippen molar-refractivity contribution in [1.82, 2.24) is 19.9 Å². The number of anilines is 1. The first-order valence-corrected chi connectivity index (χ1v) is 11.7. The molecular weight excluding hydrogens is 452 g/mol. The molecule has 1 aliphatic heterocycles. The van der Waals surface area contributed by atoms with Gasteiger partial charge in [-0.1, -0.05) is 24.3 Å². The number of amides is 1. The first-order chi connectivity index (χ1) is 17.6. The van der Waals surface area contributed by atoms with Crippen LogP contribution in [0.3, 0.4) is 0 Å². The van der Waals surface area contributed by atoms with Gasteiger partial charge < -0.3 is 25.8 Å². The molecule has 6 rings (SSSR count). The third-order valence-electron chi connectivity index (χ3n) is 6.27. The molecule has 3 aromatic heterocycles. The Morgan fingerprint density at radius 3 is 2.86 bits per heavy atom. The first kappa shape index (κ1) is 21.8. The zero-order valence-corrected chi connectivity index (χ0v) is 19.4. The average Bonchev–Trinajstić information content (AvgIpc) is 3.63. The van der Waals surface area contributed by atoms with Gasteiger partial charge in [-0.25, -0.2) is 4.98 Å². The maximum Gasteiger partial charge on any atom is 0.256 e. The van der Waals surface area contributed by atoms with Crippen LogP contribution in [0.4, 0.5) is 5.69 Å². The number of hydrogen-bond donors (Lipinski definition) is 4. The molecule has 1 atom stereocenters. The van der Waals surface area contributed by atoms with Crippen molar-refractivity contribution in [3.05, 3.63) is 96.5 Å². The number of nitrogens with one attached hydrogen (secondary N) is 3. The van der Waals surface area contributed by atoms with E-state index in [1.807, 2.05) is 42.6 Å². The van der Waals surface area contributed by atoms with E-state index >= 15 is 0 Å². The van der Waals surface area contributed by atoms with Gasteiger partial charge in [0, 0.05) is 58.5 Å². The van der Waals surface area contributed by atoms with E-state index in [4.69, 9.17) is 10.5 Å². The lowest BCUT2D eigenvalue weighted by molar-refractivity contribution is -0.110. The predicted molar refractivity (Wildman–Crippen MR) is 140 cm³/mol. The van der Waals surface area contributed by atoms with Crippen LogP contribution in [0.1, 0.15) is 17.0 Å². The standard InChI is InChI=1S/C28H24N6O2/c29-20(9-19-14-33-25-4-2-1-3-22(19)25)16-36-21-10-18(13-30-15-21)17-5-6-26-23(11-17)24(28(35)34-26)12-27-31-7-8-32-27/h1-8,10-15,20,33H,9,16,29H2,(H,31,32)(H,34,35). The first-order valence-electron chi connectivity index (χ1n) is 11.7. The van der Waals surface area contributed by atoms with Crippen molar-refractivity contribution in [3.8, 4) is 16.9 Å². The summed E-state index contributed by atoms with van der Waals surface area (Å²) in [4.78, 5) is 27.4. The summed E-state index contributed by atoms with van der Waals surface area (Å²) in [7, 11) is 0. The summed E-state index contributed by atoms with van der Waals surface area (Å²) in [5.41, 5.74) is 12.6. The Labute approximate surface area is 207 Å². The molecule has 36 heavy (non-hydrogen) atoms. The van der Waals surface area contributed by atoms with Crippen LogP contribution in [0.25, 0.3) is 33.7 Å². The topological polar surface area (TPSA) is 122 Å². The van der Waals surface area contributed by atoms with Gasteiger partial charge in [0.1, 0.15) is 18.2 Å². The van der Waals surface area contributed by atoms with E-state index in [-0.39, 0.29) is 11.9 Å². The van der Waals surface area contributed by atoms with Crippen molar-refractivity contribution < 1.29 is 9.53 Å². The molecule has 0 saturated heterocycles. The molecule has 178 valence electrons. The molecule has 1 aliphatic rings. The molecule has 0 fully saturated rings. The van der Waals surface area contributed by atoms with Crippen LogP contribution < -0.4 is 15.8 Å². The minimum absolute atomic E-state index is 0.155. The number of hydrogen-bond acceptors (Lipinski definition) is 5. The van der Waals surface area contributed by atoms with Crippen molar-refractivity contribution in [3.63, 3.8) is 0 Å². The van der Waals surface area contributed by atoms with Crippen molar-refractivity contribution in [1.29, 1.82) is 0 Å². The molecule has 4 heterocycles. The second-order valence-corrected chi connectivity index (χ2v) is 8.79. The van der Waals surface area contributed by atoms with Gasteiger partial charge in [0.15, 0.2) is 0 Å². The predicted octanol–water partition coefficient (Wildman–Crippen LogP) is 4.39. The molecule has 5 aromatic rings. The van der Waals surface area contributed by atoms with Crippen LogP contribution in [0.15, 0.2) is 79.5 Å². The van der Waals surface area contributed by atoms with Crippen LogP contribution in [0.2, 0.25) is 0 Å². The van der Waals surface area contributed by atoms with Gasteiger partial charge in [-0.3, -0.25) is 9.78 Å². The van der Waals surface area contributed by atoms with Crippen molar-refractivity contribution in [2.75, 3.05) is 11.9 Å². The smallest absolute Gasteiger partial charge is 0.256 e. The lowest BCUT2D eigenvalue weighted by Crippen LogP contribution is -2.30. The highest BCUT2D eigenvalue weighted by Gasteiger charge is 2.25. The van der Waals surface area contributed by atoms with E-state index in [0.29, 0.717) is 30.2 Å². The second-order valence-electron chi connectivity index (χ2n) is 8.79. The fourth-order valence-electron chi connectivity index (χ4n) is 4.50. The third-order valence-corrected chi connectivity index (χ3v) is 6.27. The zero-order valence-electron chi connectivity index (χ0n) is 19.4. The van der Waals surface area contributed by atoms with Gasteiger partial charge in [-0.05, 0) is 47.9 Å². The molecule has 5 N–H and O–H groups in total. The number of para-hydroxylation sites is 1. The van der Waals surface area contributed by atoms with E-state index in [1.54, 1.807) is 30.9 Å². The second kappa shape index (κ2) is 9.16. The number of ether oxygens (including phenoxy) is 1. The number of imidazole rings is 1. The Morgan fingerprint density at radius 1 is 1.06 bits per heavy atom. The fraction of sp³-hybridized carbons (Fsp3) is 0.107. The number of aromatic amines is 2. The number of carbonyl (C=O) groups excluding carboxylic acids is 1. The van der Waals surface area contributed by atoms with Gasteiger partial charge in [0.2, 0.25) is 0 Å². The molecule has 1 amide bonds. The fourth-order valence-corrected chi connectivity index (χ4v) is 4.50. The van der Waals surface area contributed by atoms with Gasteiger partial charge in [-0.2, -0.15) is 0 Å². The summed E-state index contributed by atoms with van der Waals surface area (Å²) in [6.07, 6.45) is 11.3. The van der Waals surface area contributed by atoms with Gasteiger partial charge in [0.05, 0.1) is 11.8 Å². The van der Waals surface area contributed by atoms with Gasteiger partial charge >= 0.3 is 0 Å². The highest BCUT2D eigenvalue weighted by Crippen LogP contribution is 2.36. The SMILES string of the molecule is NC(COc1cncc(-c2ccc3c(c2)C(=Cc2ncc[nH]2)C(=O)N3)c1)Cc1c[nH]c2ccccc12. The van der Waals surface area contributed by atoms with Gasteiger partial charge in [-0.15, -0.1) is 0 Å². The molecule has 0 bridgehead atoms.